The summed E-state index contributed by atoms with van der Waals surface area (Å²) in [5.74, 6) is -2.28. The third-order valence-electron chi connectivity index (χ3n) is 3.91. The Morgan fingerprint density at radius 1 is 1.16 bits per heavy atom. The zero-order valence-electron chi connectivity index (χ0n) is 12.8. The molecule has 5 nitrogen and oxygen atoms in total. The van der Waals surface area contributed by atoms with Crippen molar-refractivity contribution < 1.29 is 13.2 Å². The molecule has 0 bridgehead atoms. The first-order chi connectivity index (χ1) is 12.0. The lowest BCUT2D eigenvalue weighted by Crippen LogP contribution is -2.11. The summed E-state index contributed by atoms with van der Waals surface area (Å²) in [6.45, 7) is 0. The average molecular weight is 366 g/mol. The molecule has 0 radical (unpaired) electrons. The number of aromatic nitrogens is 3. The first kappa shape index (κ1) is 15.6. The maximum Gasteiger partial charge on any atom is 0.227 e. The van der Waals surface area contributed by atoms with Gasteiger partial charge in [-0.25, -0.2) is 22.8 Å². The monoisotopic (exact) mass is 365 g/mol. The second-order valence-electron chi connectivity index (χ2n) is 5.36. The molecule has 2 aromatic heterocycles. The van der Waals surface area contributed by atoms with Crippen LogP contribution in [0.2, 0.25) is 5.02 Å². The average Bonchev–Trinajstić information content (AvgIpc) is 3.13. The van der Waals surface area contributed by atoms with Crippen molar-refractivity contribution in [2.45, 2.75) is 0 Å². The highest BCUT2D eigenvalue weighted by molar-refractivity contribution is 6.31. The van der Waals surface area contributed by atoms with E-state index in [0.717, 1.165) is 12.1 Å². The molecule has 2 heterocycles. The Bertz CT molecular complexity index is 1120. The first-order valence-corrected chi connectivity index (χ1v) is 7.64. The second kappa shape index (κ2) is 5.59. The third-order valence-corrected chi connectivity index (χ3v) is 4.20. The van der Waals surface area contributed by atoms with Gasteiger partial charge in [-0.1, -0.05) is 11.6 Å². The summed E-state index contributed by atoms with van der Waals surface area (Å²) >= 11 is 5.80. The molecule has 0 aliphatic heterocycles. The van der Waals surface area contributed by atoms with E-state index in [1.807, 2.05) is 0 Å². The van der Waals surface area contributed by atoms with Crippen molar-refractivity contribution in [3.8, 4) is 0 Å². The summed E-state index contributed by atoms with van der Waals surface area (Å²) in [7, 11) is 1.64. The molecule has 0 aliphatic rings. The fraction of sp³-hybridized carbons (Fsp3) is 0.0625. The van der Waals surface area contributed by atoms with Crippen LogP contribution in [0.25, 0.3) is 21.9 Å². The van der Waals surface area contributed by atoms with E-state index in [-0.39, 0.29) is 16.5 Å². The number of nitrogens with one attached hydrogen (secondary N) is 3. The molecule has 0 spiro atoms. The van der Waals surface area contributed by atoms with Crippen molar-refractivity contribution in [3.05, 3.63) is 52.9 Å². The van der Waals surface area contributed by atoms with Gasteiger partial charge in [0.05, 0.1) is 21.7 Å². The number of rotatable bonds is 3. The van der Waals surface area contributed by atoms with Gasteiger partial charge in [0, 0.05) is 24.7 Å². The first-order valence-electron chi connectivity index (χ1n) is 7.27. The molecule has 128 valence electrons. The minimum Gasteiger partial charge on any atom is -0.359 e. The van der Waals surface area contributed by atoms with Gasteiger partial charge in [0.25, 0.3) is 0 Å². The second-order valence-corrected chi connectivity index (χ2v) is 5.77. The van der Waals surface area contributed by atoms with Crippen molar-refractivity contribution in [1.29, 1.82) is 0 Å². The fourth-order valence-corrected chi connectivity index (χ4v) is 2.89. The van der Waals surface area contributed by atoms with E-state index < -0.39 is 17.5 Å². The zero-order chi connectivity index (χ0) is 17.7. The number of anilines is 2. The van der Waals surface area contributed by atoms with Gasteiger partial charge in [-0.15, -0.1) is 0 Å². The number of fused-ring (bicyclic) bond motifs is 2. The Morgan fingerprint density at radius 2 is 1.92 bits per heavy atom. The summed E-state index contributed by atoms with van der Waals surface area (Å²) in [6, 6.07) is 5.20. The van der Waals surface area contributed by atoms with Crippen LogP contribution in [-0.4, -0.2) is 21.7 Å². The van der Waals surface area contributed by atoms with Crippen molar-refractivity contribution in [3.63, 3.8) is 0 Å². The molecule has 9 heteroatoms. The highest BCUT2D eigenvalue weighted by Crippen LogP contribution is 2.31. The lowest BCUT2D eigenvalue weighted by molar-refractivity contribution is 0.511. The maximum atomic E-state index is 14.2. The maximum absolute atomic E-state index is 14.2. The summed E-state index contributed by atoms with van der Waals surface area (Å²) in [5, 5.41) is 3.39. The van der Waals surface area contributed by atoms with Gasteiger partial charge < -0.3 is 15.7 Å². The molecule has 4 aromatic rings. The van der Waals surface area contributed by atoms with Gasteiger partial charge >= 0.3 is 0 Å². The minimum atomic E-state index is -0.963. The van der Waals surface area contributed by atoms with E-state index >= 15 is 0 Å². The van der Waals surface area contributed by atoms with Gasteiger partial charge in [-0.3, -0.25) is 0 Å². The molecule has 3 N–H and O–H groups in total. The number of H-pyrrole nitrogens is 1. The van der Waals surface area contributed by atoms with Gasteiger partial charge in [0.15, 0.2) is 17.5 Å². The molecule has 0 saturated carbocycles. The molecule has 0 saturated heterocycles. The number of halogens is 4. The lowest BCUT2D eigenvalue weighted by atomic mass is 10.2. The highest BCUT2D eigenvalue weighted by Gasteiger charge is 2.17. The Balaban J connectivity index is 1.86. The van der Waals surface area contributed by atoms with Crippen molar-refractivity contribution in [2.24, 2.45) is 0 Å². The fourth-order valence-electron chi connectivity index (χ4n) is 2.74. The molecule has 0 atom stereocenters. The number of hydrogen-bond donors (Lipinski definition) is 3. The van der Waals surface area contributed by atoms with Crippen LogP contribution in [0.1, 0.15) is 0 Å². The highest BCUT2D eigenvalue weighted by atomic mass is 35.5. The molecule has 2 aromatic carbocycles. The number of benzene rings is 2. The largest absolute Gasteiger partial charge is 0.359 e. The van der Waals surface area contributed by atoms with Gasteiger partial charge in [-0.2, -0.15) is 0 Å². The molecule has 25 heavy (non-hydrogen) atoms. The molecule has 0 fully saturated rings. The predicted octanol–water partition coefficient (Wildman–Crippen LogP) is 4.51. The van der Waals surface area contributed by atoms with Crippen LogP contribution in [0.15, 0.2) is 30.5 Å². The number of imidazole rings is 1. The van der Waals surface area contributed by atoms with Crippen LogP contribution in [-0.2, 0) is 0 Å². The molecule has 4 rings (SSSR count). The standard InChI is InChI=1S/C16H11ClF3N5/c1-21-25-13-3-2-8(17)14(20)15(13)24-16(25)23-12-6-22-11-5-10(19)9(18)4-7(11)12/h2-6,21-22H,1H3,(H,23,24). The van der Waals surface area contributed by atoms with Crippen LogP contribution in [0.4, 0.5) is 24.8 Å². The molecule has 0 amide bonds. The normalized spacial score (nSPS) is 11.4. The third kappa shape index (κ3) is 2.37. The van der Waals surface area contributed by atoms with Crippen LogP contribution >= 0.6 is 11.6 Å². The Labute approximate surface area is 144 Å². The smallest absolute Gasteiger partial charge is 0.227 e. The van der Waals surface area contributed by atoms with Crippen molar-refractivity contribution in [2.75, 3.05) is 17.8 Å². The SMILES string of the molecule is CNn1c(Nc2c[nH]c3cc(F)c(F)cc23)nc2c(F)c(Cl)ccc21. The zero-order valence-corrected chi connectivity index (χ0v) is 13.5. The quantitative estimate of drug-likeness (QED) is 0.501. The molecule has 0 aliphatic carbocycles. The van der Waals surface area contributed by atoms with E-state index in [0.29, 0.717) is 22.1 Å². The summed E-state index contributed by atoms with van der Waals surface area (Å²) in [4.78, 5) is 7.06. The van der Waals surface area contributed by atoms with E-state index in [4.69, 9.17) is 11.6 Å². The Hall–Kier alpha value is -2.87. The number of aromatic amines is 1. The Kier molecular flexibility index (Phi) is 3.50. The summed E-state index contributed by atoms with van der Waals surface area (Å²) in [5.41, 5.74) is 4.33. The molecule has 0 unspecified atom stereocenters. The topological polar surface area (TPSA) is 57.7 Å². The number of hydrogen-bond acceptors (Lipinski definition) is 3. The van der Waals surface area contributed by atoms with Gasteiger partial charge in [0.1, 0.15) is 5.52 Å². The Morgan fingerprint density at radius 3 is 2.68 bits per heavy atom. The number of nitrogens with zero attached hydrogens (tertiary/aromatic N) is 2. The predicted molar refractivity (Wildman–Crippen MR) is 91.5 cm³/mol. The minimum absolute atomic E-state index is 0.0376. The van der Waals surface area contributed by atoms with Crippen LogP contribution in [0.3, 0.4) is 0 Å². The summed E-state index contributed by atoms with van der Waals surface area (Å²) in [6.07, 6.45) is 1.55. The van der Waals surface area contributed by atoms with Crippen LogP contribution < -0.4 is 10.7 Å². The van der Waals surface area contributed by atoms with E-state index in [2.05, 4.69) is 20.7 Å². The van der Waals surface area contributed by atoms with Gasteiger partial charge in [0.2, 0.25) is 5.95 Å². The van der Waals surface area contributed by atoms with E-state index in [1.54, 1.807) is 19.3 Å². The molecular formula is C16H11ClF3N5. The van der Waals surface area contributed by atoms with Crippen LogP contribution in [0, 0.1) is 17.5 Å². The van der Waals surface area contributed by atoms with E-state index in [9.17, 15) is 13.2 Å². The van der Waals surface area contributed by atoms with Gasteiger partial charge in [-0.05, 0) is 18.2 Å². The van der Waals surface area contributed by atoms with Crippen molar-refractivity contribution >= 4 is 45.2 Å². The summed E-state index contributed by atoms with van der Waals surface area (Å²) < 4.78 is 42.6. The van der Waals surface area contributed by atoms with E-state index in [1.165, 1.54) is 10.7 Å². The van der Waals surface area contributed by atoms with Crippen LogP contribution in [0.5, 0.6) is 0 Å². The van der Waals surface area contributed by atoms with Crippen molar-refractivity contribution in [1.82, 2.24) is 14.6 Å². The lowest BCUT2D eigenvalue weighted by Gasteiger charge is -2.09. The molecular weight excluding hydrogens is 355 g/mol.